The highest BCUT2D eigenvalue weighted by molar-refractivity contribution is 6.02. The van der Waals surface area contributed by atoms with E-state index in [1.807, 2.05) is 35.8 Å². The van der Waals surface area contributed by atoms with E-state index < -0.39 is 6.04 Å². The summed E-state index contributed by atoms with van der Waals surface area (Å²) in [6, 6.07) is 5.00. The Labute approximate surface area is 382 Å². The van der Waals surface area contributed by atoms with Crippen molar-refractivity contribution in [3.63, 3.8) is 0 Å². The molecule has 10 rings (SSSR count). The number of piperidine rings is 2. The summed E-state index contributed by atoms with van der Waals surface area (Å²) in [4.78, 5) is 61.7. The number of fused-ring (bicyclic) bond motifs is 1. The van der Waals surface area contributed by atoms with Gasteiger partial charge in [0.2, 0.25) is 11.8 Å². The maximum atomic E-state index is 15.3. The molecule has 3 saturated heterocycles. The number of anilines is 3. The summed E-state index contributed by atoms with van der Waals surface area (Å²) in [5.41, 5.74) is 10.9. The molecule has 3 aliphatic heterocycles. The van der Waals surface area contributed by atoms with Gasteiger partial charge in [-0.25, -0.2) is 33.8 Å². The molecule has 5 fully saturated rings. The largest absolute Gasteiger partial charge is 0.449 e. The van der Waals surface area contributed by atoms with Crippen LogP contribution in [0.2, 0.25) is 0 Å². The first-order valence-electron chi connectivity index (χ1n) is 23.7. The number of rotatable bonds is 12. The third-order valence-electron chi connectivity index (χ3n) is 14.3. The predicted molar refractivity (Wildman–Crippen MR) is 244 cm³/mol. The molecule has 348 valence electrons. The van der Waals surface area contributed by atoms with Gasteiger partial charge in [0, 0.05) is 81.8 Å². The molecule has 4 aromatic heterocycles. The number of nitrogens with zero attached hydrogens (tertiary/aromatic N) is 10. The van der Waals surface area contributed by atoms with E-state index in [9.17, 15) is 14.4 Å². The fourth-order valence-electron chi connectivity index (χ4n) is 10.3. The van der Waals surface area contributed by atoms with E-state index in [0.29, 0.717) is 83.5 Å². The van der Waals surface area contributed by atoms with Gasteiger partial charge in [-0.1, -0.05) is 5.16 Å². The molecule has 5 aliphatic rings. The van der Waals surface area contributed by atoms with Crippen LogP contribution in [0.25, 0.3) is 33.8 Å². The fraction of sp³-hybridized carbons (Fsp3) is 0.553. The summed E-state index contributed by atoms with van der Waals surface area (Å²) in [6.07, 6.45) is 14.5. The molecule has 0 spiro atoms. The van der Waals surface area contributed by atoms with Crippen LogP contribution >= 0.6 is 0 Å². The minimum absolute atomic E-state index is 0.0324. The van der Waals surface area contributed by atoms with E-state index in [0.717, 1.165) is 101 Å². The minimum Gasteiger partial charge on any atom is -0.449 e. The average Bonchev–Trinajstić information content (AvgIpc) is 3.95. The quantitative estimate of drug-likeness (QED) is 0.115. The number of nitrogens with two attached hydrogens (primary N) is 1. The van der Waals surface area contributed by atoms with E-state index in [1.54, 1.807) is 12.1 Å². The van der Waals surface area contributed by atoms with Crippen LogP contribution < -0.4 is 21.3 Å². The fourth-order valence-corrected chi connectivity index (χ4v) is 10.3. The summed E-state index contributed by atoms with van der Waals surface area (Å²) in [7, 11) is 0. The van der Waals surface area contributed by atoms with Gasteiger partial charge >= 0.3 is 6.09 Å². The van der Waals surface area contributed by atoms with Crippen LogP contribution in [0, 0.1) is 11.7 Å². The molecule has 5 aromatic rings. The van der Waals surface area contributed by atoms with Gasteiger partial charge in [-0.05, 0) is 114 Å². The Hall–Kier alpha value is -6.24. The summed E-state index contributed by atoms with van der Waals surface area (Å²) in [5.74, 6) is 1.63. The SMILES string of the molecule is CC(C)n1nc(-c2noc(C3CC3)c2-c2ncc(C3CCN(C(=O)OCCC4CCC(N5CCN(c6ccc(NC7CCC(=O)NC7=O)cc6F)CC5)CC4)CC3)cn2)c2c(N)ncnc21. The molecule has 7 heterocycles. The zero-order valence-electron chi connectivity index (χ0n) is 37.6. The Morgan fingerprint density at radius 2 is 1.68 bits per heavy atom. The Morgan fingerprint density at radius 1 is 0.924 bits per heavy atom. The van der Waals surface area contributed by atoms with E-state index in [-0.39, 0.29) is 48.0 Å². The average molecular weight is 904 g/mol. The lowest BCUT2D eigenvalue weighted by molar-refractivity contribution is -0.133. The van der Waals surface area contributed by atoms with Crippen molar-refractivity contribution in [3.05, 3.63) is 54.1 Å². The Bertz CT molecular complexity index is 2570. The van der Waals surface area contributed by atoms with E-state index in [1.165, 1.54) is 12.4 Å². The monoisotopic (exact) mass is 903 g/mol. The molecule has 2 aliphatic carbocycles. The zero-order valence-corrected chi connectivity index (χ0v) is 37.6. The molecule has 19 heteroatoms. The van der Waals surface area contributed by atoms with Gasteiger partial charge in [-0.15, -0.1) is 0 Å². The molecular weight excluding hydrogens is 846 g/mol. The van der Waals surface area contributed by atoms with Crippen LogP contribution in [0.3, 0.4) is 0 Å². The molecule has 4 N–H and O–H groups in total. The Morgan fingerprint density at radius 3 is 2.38 bits per heavy atom. The number of hydrogen-bond donors (Lipinski definition) is 3. The number of hydrogen-bond acceptors (Lipinski definition) is 15. The van der Waals surface area contributed by atoms with Gasteiger partial charge in [-0.3, -0.25) is 19.8 Å². The van der Waals surface area contributed by atoms with Gasteiger partial charge < -0.3 is 30.1 Å². The van der Waals surface area contributed by atoms with Crippen LogP contribution in [0.4, 0.5) is 26.4 Å². The summed E-state index contributed by atoms with van der Waals surface area (Å²) in [6.45, 7) is 8.96. The number of imide groups is 1. The lowest BCUT2D eigenvalue weighted by atomic mass is 9.83. The van der Waals surface area contributed by atoms with Crippen LogP contribution in [-0.2, 0) is 14.3 Å². The minimum atomic E-state index is -0.553. The highest BCUT2D eigenvalue weighted by Gasteiger charge is 2.37. The second-order valence-electron chi connectivity index (χ2n) is 18.9. The van der Waals surface area contributed by atoms with E-state index >= 15 is 4.39 Å². The number of benzene rings is 1. The summed E-state index contributed by atoms with van der Waals surface area (Å²) >= 11 is 0. The molecule has 3 amide bonds. The van der Waals surface area contributed by atoms with Crippen molar-refractivity contribution in [2.24, 2.45) is 5.92 Å². The molecule has 18 nitrogen and oxygen atoms in total. The smallest absolute Gasteiger partial charge is 0.409 e. The van der Waals surface area contributed by atoms with Crippen molar-refractivity contribution in [2.45, 2.75) is 114 Å². The number of carbonyl (C=O) groups excluding carboxylic acids is 3. The normalized spacial score (nSPS) is 22.3. The number of piperazine rings is 1. The number of halogens is 1. The molecular formula is C47H58FN13O5. The maximum Gasteiger partial charge on any atom is 0.409 e. The number of amides is 3. The number of nitrogen functional groups attached to an aromatic ring is 1. The standard InChI is InChI=1S/C47H58FN13O5/c1-27(2)61-45-39(43(49)52-26-53-45)40(56-61)41-38(42(66-57-41)30-5-6-30)44-50-24-31(25-51-44)29-13-16-60(17-14-29)47(64)65-22-15-28-3-8-33(9-4-28)58-18-20-59(21-19-58)36-11-7-32(23-34(36)48)54-35-10-12-37(62)55-46(35)63/h7,11,23-30,33,35,54H,3-6,8-10,12-22H2,1-2H3,(H2,49,52,53)(H,55,62,63). The number of nitrogens with one attached hydrogen (secondary N) is 2. The lowest BCUT2D eigenvalue weighted by Crippen LogP contribution is -2.51. The van der Waals surface area contributed by atoms with Crippen molar-refractivity contribution in [1.82, 2.24) is 50.0 Å². The summed E-state index contributed by atoms with van der Waals surface area (Å²) in [5, 5.41) is 15.4. The van der Waals surface area contributed by atoms with Crippen molar-refractivity contribution in [3.8, 4) is 22.8 Å². The second-order valence-corrected chi connectivity index (χ2v) is 18.9. The highest BCUT2D eigenvalue weighted by atomic mass is 19.1. The van der Waals surface area contributed by atoms with Crippen LogP contribution in [0.5, 0.6) is 0 Å². The molecule has 2 saturated carbocycles. The molecule has 1 atom stereocenters. The van der Waals surface area contributed by atoms with Gasteiger partial charge in [-0.2, -0.15) is 5.10 Å². The Balaban J connectivity index is 0.661. The molecule has 0 bridgehead atoms. The third kappa shape index (κ3) is 9.00. The van der Waals surface area contributed by atoms with Gasteiger partial charge in [0.25, 0.3) is 0 Å². The first-order valence-corrected chi connectivity index (χ1v) is 23.7. The highest BCUT2D eigenvalue weighted by Crippen LogP contribution is 2.48. The number of carbonyl (C=O) groups is 3. The molecule has 1 unspecified atom stereocenters. The van der Waals surface area contributed by atoms with Crippen LogP contribution in [-0.4, -0.2) is 121 Å². The third-order valence-corrected chi connectivity index (χ3v) is 14.3. The lowest BCUT2D eigenvalue weighted by Gasteiger charge is -2.42. The number of aromatic nitrogens is 7. The number of likely N-dealkylation sites (tertiary alicyclic amines) is 1. The van der Waals surface area contributed by atoms with Crippen molar-refractivity contribution in [2.75, 3.05) is 61.8 Å². The maximum absolute atomic E-state index is 15.3. The van der Waals surface area contributed by atoms with Crippen LogP contribution in [0.15, 0.2) is 41.4 Å². The van der Waals surface area contributed by atoms with E-state index in [4.69, 9.17) is 30.1 Å². The van der Waals surface area contributed by atoms with Gasteiger partial charge in [0.1, 0.15) is 35.4 Å². The van der Waals surface area contributed by atoms with Crippen LogP contribution in [0.1, 0.15) is 114 Å². The zero-order chi connectivity index (χ0) is 45.5. The van der Waals surface area contributed by atoms with Crippen molar-refractivity contribution >= 4 is 46.1 Å². The van der Waals surface area contributed by atoms with Crippen molar-refractivity contribution in [1.29, 1.82) is 0 Å². The topological polar surface area (TPSA) is 216 Å². The first kappa shape index (κ1) is 43.6. The molecule has 0 radical (unpaired) electrons. The first-order chi connectivity index (χ1) is 32.1. The Kier molecular flexibility index (Phi) is 12.3. The van der Waals surface area contributed by atoms with E-state index in [2.05, 4.69) is 35.6 Å². The van der Waals surface area contributed by atoms with Crippen molar-refractivity contribution < 1.29 is 28.0 Å². The summed E-state index contributed by atoms with van der Waals surface area (Å²) < 4.78 is 28.9. The molecule has 1 aromatic carbocycles. The molecule has 66 heavy (non-hydrogen) atoms. The van der Waals surface area contributed by atoms with Gasteiger partial charge in [0.15, 0.2) is 17.2 Å². The van der Waals surface area contributed by atoms with Gasteiger partial charge in [0.05, 0.1) is 23.2 Å². The second kappa shape index (κ2) is 18.6. The predicted octanol–water partition coefficient (Wildman–Crippen LogP) is 6.42. The number of ether oxygens (including phenoxy) is 1.